The number of nitrogens with one attached hydrogen (secondary N) is 1. The third kappa shape index (κ3) is 6.95. The van der Waals surface area contributed by atoms with E-state index in [1.54, 1.807) is 0 Å². The molecule has 0 spiro atoms. The fourth-order valence-corrected chi connectivity index (χ4v) is 1.34. The molecule has 0 atom stereocenters. The second-order valence-corrected chi connectivity index (χ2v) is 4.79. The predicted molar refractivity (Wildman–Crippen MR) is 56.7 cm³/mol. The van der Waals surface area contributed by atoms with Crippen molar-refractivity contribution in [3.63, 3.8) is 0 Å². The molecule has 0 aromatic carbocycles. The van der Waals surface area contributed by atoms with Crippen LogP contribution in [0, 0.1) is 5.41 Å². The van der Waals surface area contributed by atoms with E-state index in [1.165, 1.54) is 0 Å². The van der Waals surface area contributed by atoms with E-state index >= 15 is 0 Å². The van der Waals surface area contributed by atoms with Crippen molar-refractivity contribution >= 4 is 11.8 Å². The molecule has 0 unspecified atom stereocenters. The summed E-state index contributed by atoms with van der Waals surface area (Å²) in [5.74, 6) is 1.16. The van der Waals surface area contributed by atoms with E-state index in [2.05, 4.69) is 25.4 Å². The zero-order valence-corrected chi connectivity index (χ0v) is 9.21. The lowest BCUT2D eigenvalue weighted by Gasteiger charge is -2.23. The molecule has 12 heavy (non-hydrogen) atoms. The standard InChI is InChI=1S/C9H21NOS/c1-9(2,4-6-11)8-10-5-7-12-3/h10-11H,4-8H2,1-3H3. The van der Waals surface area contributed by atoms with E-state index in [0.717, 1.165) is 25.3 Å². The lowest BCUT2D eigenvalue weighted by molar-refractivity contribution is 0.208. The zero-order valence-electron chi connectivity index (χ0n) is 8.39. The average molecular weight is 191 g/mol. The fourth-order valence-electron chi connectivity index (χ4n) is 0.992. The highest BCUT2D eigenvalue weighted by atomic mass is 32.2. The van der Waals surface area contributed by atoms with E-state index in [9.17, 15) is 0 Å². The second kappa shape index (κ2) is 6.75. The first-order valence-electron chi connectivity index (χ1n) is 4.43. The summed E-state index contributed by atoms with van der Waals surface area (Å²) < 4.78 is 0. The van der Waals surface area contributed by atoms with Crippen LogP contribution in [0.25, 0.3) is 0 Å². The second-order valence-electron chi connectivity index (χ2n) is 3.81. The Labute approximate surface area is 80.1 Å². The SMILES string of the molecule is CSCCNCC(C)(C)CCO. The molecule has 0 bridgehead atoms. The monoisotopic (exact) mass is 191 g/mol. The van der Waals surface area contributed by atoms with Crippen molar-refractivity contribution < 1.29 is 5.11 Å². The minimum atomic E-state index is 0.229. The van der Waals surface area contributed by atoms with E-state index < -0.39 is 0 Å². The molecule has 0 radical (unpaired) electrons. The van der Waals surface area contributed by atoms with Crippen molar-refractivity contribution in [1.29, 1.82) is 0 Å². The molecule has 0 aromatic rings. The molecular formula is C9H21NOS. The summed E-state index contributed by atoms with van der Waals surface area (Å²) in [7, 11) is 0. The highest BCUT2D eigenvalue weighted by Gasteiger charge is 2.15. The molecule has 2 nitrogen and oxygen atoms in total. The van der Waals surface area contributed by atoms with Gasteiger partial charge < -0.3 is 10.4 Å². The molecule has 0 aromatic heterocycles. The Morgan fingerprint density at radius 1 is 1.42 bits per heavy atom. The molecule has 0 heterocycles. The third-order valence-electron chi connectivity index (χ3n) is 1.88. The van der Waals surface area contributed by atoms with Gasteiger partial charge in [-0.2, -0.15) is 11.8 Å². The van der Waals surface area contributed by atoms with Gasteiger partial charge in [-0.1, -0.05) is 13.8 Å². The first kappa shape index (κ1) is 12.3. The van der Waals surface area contributed by atoms with E-state index in [0.29, 0.717) is 0 Å². The lowest BCUT2D eigenvalue weighted by Crippen LogP contribution is -2.31. The first-order chi connectivity index (χ1) is 5.62. The zero-order chi connectivity index (χ0) is 9.45. The Morgan fingerprint density at radius 2 is 2.08 bits per heavy atom. The Hall–Kier alpha value is 0.270. The molecule has 0 aliphatic carbocycles. The van der Waals surface area contributed by atoms with Gasteiger partial charge in [0.25, 0.3) is 0 Å². The number of hydrogen-bond acceptors (Lipinski definition) is 3. The largest absolute Gasteiger partial charge is 0.396 e. The van der Waals surface area contributed by atoms with Gasteiger partial charge in [-0.05, 0) is 18.1 Å². The van der Waals surface area contributed by atoms with Crippen molar-refractivity contribution in [2.45, 2.75) is 20.3 Å². The molecule has 74 valence electrons. The van der Waals surface area contributed by atoms with Crippen molar-refractivity contribution in [1.82, 2.24) is 5.32 Å². The van der Waals surface area contributed by atoms with E-state index in [-0.39, 0.29) is 12.0 Å². The van der Waals surface area contributed by atoms with Crippen LogP contribution in [0.3, 0.4) is 0 Å². The predicted octanol–water partition coefficient (Wildman–Crippen LogP) is 1.35. The van der Waals surface area contributed by atoms with Crippen LogP contribution in [-0.4, -0.2) is 36.8 Å². The summed E-state index contributed by atoms with van der Waals surface area (Å²) in [6, 6.07) is 0. The van der Waals surface area contributed by atoms with Gasteiger partial charge in [0.2, 0.25) is 0 Å². The molecule has 0 aliphatic rings. The van der Waals surface area contributed by atoms with E-state index in [4.69, 9.17) is 5.11 Å². The molecule has 0 saturated carbocycles. The summed E-state index contributed by atoms with van der Waals surface area (Å²) in [5.41, 5.74) is 0.229. The van der Waals surface area contributed by atoms with Gasteiger partial charge >= 0.3 is 0 Å². The maximum Gasteiger partial charge on any atom is 0.0436 e. The van der Waals surface area contributed by atoms with Crippen LogP contribution in [0.1, 0.15) is 20.3 Å². The van der Waals surface area contributed by atoms with Crippen molar-refractivity contribution in [2.24, 2.45) is 5.41 Å². The van der Waals surface area contributed by atoms with Crippen LogP contribution in [0.4, 0.5) is 0 Å². The molecule has 0 rings (SSSR count). The van der Waals surface area contributed by atoms with Crippen LogP contribution in [0.2, 0.25) is 0 Å². The summed E-state index contributed by atoms with van der Waals surface area (Å²) in [5, 5.41) is 12.2. The van der Waals surface area contributed by atoms with Gasteiger partial charge in [-0.25, -0.2) is 0 Å². The Kier molecular flexibility index (Phi) is 6.90. The van der Waals surface area contributed by atoms with Crippen molar-refractivity contribution in [3.8, 4) is 0 Å². The summed E-state index contributed by atoms with van der Waals surface area (Å²) in [4.78, 5) is 0. The average Bonchev–Trinajstić information content (AvgIpc) is 1.98. The quantitative estimate of drug-likeness (QED) is 0.596. The van der Waals surface area contributed by atoms with Gasteiger partial charge in [0, 0.05) is 25.4 Å². The van der Waals surface area contributed by atoms with Gasteiger partial charge in [-0.15, -0.1) is 0 Å². The number of hydrogen-bond donors (Lipinski definition) is 2. The summed E-state index contributed by atoms with van der Waals surface area (Å²) >= 11 is 1.85. The molecule has 0 saturated heterocycles. The fraction of sp³-hybridized carbons (Fsp3) is 1.00. The lowest BCUT2D eigenvalue weighted by atomic mass is 9.90. The topological polar surface area (TPSA) is 32.3 Å². The maximum atomic E-state index is 8.77. The van der Waals surface area contributed by atoms with Gasteiger partial charge in [0.05, 0.1) is 0 Å². The smallest absolute Gasteiger partial charge is 0.0436 e. The van der Waals surface area contributed by atoms with E-state index in [1.807, 2.05) is 11.8 Å². The maximum absolute atomic E-state index is 8.77. The highest BCUT2D eigenvalue weighted by Crippen LogP contribution is 2.17. The van der Waals surface area contributed by atoms with Crippen molar-refractivity contribution in [2.75, 3.05) is 31.7 Å². The number of aliphatic hydroxyl groups excluding tert-OH is 1. The molecular weight excluding hydrogens is 170 g/mol. The van der Waals surface area contributed by atoms with Gasteiger partial charge in [-0.3, -0.25) is 0 Å². The first-order valence-corrected chi connectivity index (χ1v) is 5.82. The highest BCUT2D eigenvalue weighted by molar-refractivity contribution is 7.98. The van der Waals surface area contributed by atoms with Crippen LogP contribution < -0.4 is 5.32 Å². The van der Waals surface area contributed by atoms with Gasteiger partial charge in [0.1, 0.15) is 0 Å². The Bertz CT molecular complexity index is 107. The molecule has 2 N–H and O–H groups in total. The Morgan fingerprint density at radius 3 is 2.58 bits per heavy atom. The number of rotatable bonds is 7. The summed E-state index contributed by atoms with van der Waals surface area (Å²) in [6.45, 7) is 6.70. The number of thioether (sulfide) groups is 1. The number of aliphatic hydroxyl groups is 1. The molecule has 0 fully saturated rings. The van der Waals surface area contributed by atoms with Crippen LogP contribution in [0.5, 0.6) is 0 Å². The Balaban J connectivity index is 3.33. The molecule has 0 amide bonds. The third-order valence-corrected chi connectivity index (χ3v) is 2.49. The minimum absolute atomic E-state index is 0.229. The van der Waals surface area contributed by atoms with Crippen LogP contribution in [0.15, 0.2) is 0 Å². The summed E-state index contributed by atoms with van der Waals surface area (Å²) in [6.07, 6.45) is 2.99. The van der Waals surface area contributed by atoms with Crippen molar-refractivity contribution in [3.05, 3.63) is 0 Å². The van der Waals surface area contributed by atoms with Gasteiger partial charge in [0.15, 0.2) is 0 Å². The molecule has 0 aliphatic heterocycles. The normalized spacial score (nSPS) is 12.0. The van der Waals surface area contributed by atoms with Crippen LogP contribution >= 0.6 is 11.8 Å². The molecule has 3 heteroatoms. The van der Waals surface area contributed by atoms with Crippen LogP contribution in [-0.2, 0) is 0 Å². The minimum Gasteiger partial charge on any atom is -0.396 e.